The number of aromatic nitrogens is 2. The molecule has 174 valence electrons. The van der Waals surface area contributed by atoms with E-state index >= 15 is 0 Å². The zero-order valence-electron chi connectivity index (χ0n) is 17.3. The summed E-state index contributed by atoms with van der Waals surface area (Å²) in [6.07, 6.45) is 1.34. The quantitative estimate of drug-likeness (QED) is 0.352. The lowest BCUT2D eigenvalue weighted by molar-refractivity contribution is 0.0519. The van der Waals surface area contributed by atoms with Crippen LogP contribution in [0.25, 0.3) is 21.8 Å². The van der Waals surface area contributed by atoms with Crippen molar-refractivity contribution in [2.75, 3.05) is 24.5 Å². The number of carbonyl (C=O) groups excluding carboxylic acids is 1. The van der Waals surface area contributed by atoms with Gasteiger partial charge in [0.15, 0.2) is 0 Å². The van der Waals surface area contributed by atoms with Crippen LogP contribution in [0.1, 0.15) is 10.4 Å². The fraction of sp³-hybridized carbons (Fsp3) is 0.143. The molecule has 2 aromatic heterocycles. The summed E-state index contributed by atoms with van der Waals surface area (Å²) in [5.74, 6) is -1.18. The number of nitrogens with zero attached hydrogens (tertiary/aromatic N) is 1. The topological polar surface area (TPSA) is 138 Å². The fourth-order valence-electron chi connectivity index (χ4n) is 3.40. The van der Waals surface area contributed by atoms with Crippen LogP contribution in [0.4, 0.5) is 10.1 Å². The molecule has 33 heavy (non-hydrogen) atoms. The number of benzene rings is 2. The summed E-state index contributed by atoms with van der Waals surface area (Å²) in [7, 11) is -2.68. The number of H-pyrrole nitrogens is 2. The predicted molar refractivity (Wildman–Crippen MR) is 125 cm³/mol. The molecule has 4 aromatic rings. The number of sulfonamides is 1. The van der Waals surface area contributed by atoms with E-state index in [1.165, 1.54) is 43.6 Å². The molecule has 0 unspecified atom stereocenters. The number of rotatable bonds is 6. The maximum Gasteiger partial charge on any atom is 0.340 e. The first-order valence-electron chi connectivity index (χ1n) is 9.53. The molecule has 9 nitrogen and oxygen atoms in total. The molecule has 0 fully saturated rings. The van der Waals surface area contributed by atoms with Crippen LogP contribution in [0.3, 0.4) is 0 Å². The number of carbonyl (C=O) groups is 1. The summed E-state index contributed by atoms with van der Waals surface area (Å²) >= 11 is 0. The Labute approximate surface area is 193 Å². The van der Waals surface area contributed by atoms with E-state index in [1.54, 1.807) is 0 Å². The van der Waals surface area contributed by atoms with E-state index in [0.717, 1.165) is 16.4 Å². The zero-order chi connectivity index (χ0) is 23.0. The van der Waals surface area contributed by atoms with Crippen molar-refractivity contribution >= 4 is 55.9 Å². The number of hydrogen-bond acceptors (Lipinski definition) is 6. The monoisotopic (exact) mass is 494 g/mol. The number of halogens is 2. The van der Waals surface area contributed by atoms with Gasteiger partial charge in [-0.05, 0) is 42.5 Å². The van der Waals surface area contributed by atoms with Gasteiger partial charge < -0.3 is 20.4 Å². The highest BCUT2D eigenvalue weighted by atomic mass is 35.5. The number of anilines is 1. The minimum atomic E-state index is -4.03. The van der Waals surface area contributed by atoms with Gasteiger partial charge in [-0.3, -0.25) is 9.10 Å². The Hall–Kier alpha value is -3.41. The number of ether oxygens (including phenoxy) is 1. The smallest absolute Gasteiger partial charge is 0.340 e. The van der Waals surface area contributed by atoms with Crippen LogP contribution in [0, 0.1) is 5.82 Å². The molecule has 0 aliphatic rings. The van der Waals surface area contributed by atoms with E-state index in [1.807, 2.05) is 0 Å². The molecule has 0 atom stereocenters. The van der Waals surface area contributed by atoms with Crippen molar-refractivity contribution in [2.45, 2.75) is 4.90 Å². The first-order valence-corrected chi connectivity index (χ1v) is 11.0. The number of esters is 1. The molecule has 0 amide bonds. The molecular weight excluding hydrogens is 475 g/mol. The molecule has 12 heteroatoms. The first kappa shape index (κ1) is 24.2. The Bertz CT molecular complexity index is 1500. The molecule has 0 aliphatic carbocycles. The van der Waals surface area contributed by atoms with E-state index in [4.69, 9.17) is 10.5 Å². The van der Waals surface area contributed by atoms with Crippen molar-refractivity contribution in [2.24, 2.45) is 5.73 Å². The van der Waals surface area contributed by atoms with Crippen molar-refractivity contribution in [1.29, 1.82) is 0 Å². The van der Waals surface area contributed by atoms with Gasteiger partial charge in [0, 0.05) is 36.1 Å². The Morgan fingerprint density at radius 1 is 1.18 bits per heavy atom. The van der Waals surface area contributed by atoms with Crippen molar-refractivity contribution < 1.29 is 22.3 Å². The van der Waals surface area contributed by atoms with Crippen molar-refractivity contribution in [1.82, 2.24) is 9.97 Å². The third-order valence-corrected chi connectivity index (χ3v) is 6.82. The number of aromatic amines is 2. The SMILES string of the molecule is CN(c1ccc(F)cc1)S(=O)(=O)c1ccc2[nH]c(=O)c3[nH]cc(C(=O)OCCN)c3c2c1.Cl. The molecule has 0 bridgehead atoms. The lowest BCUT2D eigenvalue weighted by Crippen LogP contribution is -2.26. The van der Waals surface area contributed by atoms with Crippen LogP contribution in [0.2, 0.25) is 0 Å². The van der Waals surface area contributed by atoms with E-state index in [9.17, 15) is 22.4 Å². The second kappa shape index (κ2) is 9.22. The van der Waals surface area contributed by atoms with Gasteiger partial charge in [-0.25, -0.2) is 17.6 Å². The molecule has 2 aromatic carbocycles. The molecule has 0 saturated heterocycles. The fourth-order valence-corrected chi connectivity index (χ4v) is 4.63. The first-order chi connectivity index (χ1) is 15.2. The van der Waals surface area contributed by atoms with Crippen molar-refractivity contribution in [3.8, 4) is 0 Å². The summed E-state index contributed by atoms with van der Waals surface area (Å²) in [5.41, 5.74) is 5.72. The number of nitrogens with one attached hydrogen (secondary N) is 2. The highest BCUT2D eigenvalue weighted by Gasteiger charge is 2.24. The van der Waals surface area contributed by atoms with Crippen LogP contribution in [-0.2, 0) is 14.8 Å². The zero-order valence-corrected chi connectivity index (χ0v) is 18.9. The summed E-state index contributed by atoms with van der Waals surface area (Å²) in [6, 6.07) is 9.19. The lowest BCUT2D eigenvalue weighted by Gasteiger charge is -2.20. The molecule has 4 N–H and O–H groups in total. The van der Waals surface area contributed by atoms with Gasteiger partial charge >= 0.3 is 5.97 Å². The molecule has 0 aliphatic heterocycles. The Morgan fingerprint density at radius 3 is 2.55 bits per heavy atom. The van der Waals surface area contributed by atoms with Gasteiger partial charge in [-0.15, -0.1) is 12.4 Å². The average molecular weight is 495 g/mol. The van der Waals surface area contributed by atoms with Crippen LogP contribution in [0.15, 0.2) is 58.4 Å². The van der Waals surface area contributed by atoms with Crippen molar-refractivity contribution in [3.05, 3.63) is 70.4 Å². The average Bonchev–Trinajstić information content (AvgIpc) is 3.23. The van der Waals surface area contributed by atoms with Gasteiger partial charge in [-0.1, -0.05) is 0 Å². The summed E-state index contributed by atoms with van der Waals surface area (Å²) in [6.45, 7) is 0.127. The van der Waals surface area contributed by atoms with E-state index in [2.05, 4.69) is 9.97 Å². The number of nitrogens with two attached hydrogens (primary N) is 1. The van der Waals surface area contributed by atoms with Gasteiger partial charge in [0.05, 0.1) is 16.1 Å². The Kier molecular flexibility index (Phi) is 6.77. The maximum absolute atomic E-state index is 13.2. The Morgan fingerprint density at radius 2 is 1.88 bits per heavy atom. The normalized spacial score (nSPS) is 11.4. The van der Waals surface area contributed by atoms with Crippen LogP contribution >= 0.6 is 12.4 Å². The minimum Gasteiger partial charge on any atom is -0.461 e. The number of hydrogen-bond donors (Lipinski definition) is 3. The second-order valence-electron chi connectivity index (χ2n) is 6.99. The lowest BCUT2D eigenvalue weighted by atomic mass is 10.1. The molecule has 4 rings (SSSR count). The predicted octanol–water partition coefficient (Wildman–Crippen LogP) is 2.51. The maximum atomic E-state index is 13.2. The summed E-state index contributed by atoms with van der Waals surface area (Å²) in [5, 5.41) is 0.585. The molecular formula is C21H20ClFN4O5S. The van der Waals surface area contributed by atoms with E-state index in [0.29, 0.717) is 10.9 Å². The number of pyridine rings is 1. The third kappa shape index (κ3) is 4.30. The van der Waals surface area contributed by atoms with Crippen LogP contribution in [-0.4, -0.2) is 44.6 Å². The van der Waals surface area contributed by atoms with Gasteiger partial charge in [-0.2, -0.15) is 0 Å². The van der Waals surface area contributed by atoms with Gasteiger partial charge in [0.2, 0.25) is 0 Å². The Balaban J connectivity index is 0.00000306. The minimum absolute atomic E-state index is 0. The molecule has 0 radical (unpaired) electrons. The highest BCUT2D eigenvalue weighted by Crippen LogP contribution is 2.29. The van der Waals surface area contributed by atoms with Crippen LogP contribution in [0.5, 0.6) is 0 Å². The standard InChI is InChI=1S/C21H19FN4O5S.ClH/c1-26(13-4-2-12(22)3-5-13)32(29,30)14-6-7-17-15(10-14)18-16(21(28)31-9-8-23)11-24-19(18)20(27)25-17;/h2-7,10-11,24H,8-9,23H2,1H3,(H,25,27);1H. The van der Waals surface area contributed by atoms with Crippen molar-refractivity contribution in [3.63, 3.8) is 0 Å². The van der Waals surface area contributed by atoms with Gasteiger partial charge in [0.25, 0.3) is 15.6 Å². The molecule has 2 heterocycles. The molecule has 0 saturated carbocycles. The number of fused-ring (bicyclic) bond motifs is 3. The highest BCUT2D eigenvalue weighted by molar-refractivity contribution is 7.92. The summed E-state index contributed by atoms with van der Waals surface area (Å²) < 4.78 is 45.7. The summed E-state index contributed by atoms with van der Waals surface area (Å²) in [4.78, 5) is 30.2. The molecule has 0 spiro atoms. The van der Waals surface area contributed by atoms with E-state index < -0.39 is 27.4 Å². The third-order valence-electron chi connectivity index (χ3n) is 5.04. The van der Waals surface area contributed by atoms with Gasteiger partial charge in [0.1, 0.15) is 17.9 Å². The van der Waals surface area contributed by atoms with E-state index in [-0.39, 0.29) is 52.6 Å². The van der Waals surface area contributed by atoms with Crippen LogP contribution < -0.4 is 15.6 Å². The largest absolute Gasteiger partial charge is 0.461 e. The second-order valence-corrected chi connectivity index (χ2v) is 8.96.